The first kappa shape index (κ1) is 18.2. The molecular formula is C16H16ClFN2O3S. The van der Waals surface area contributed by atoms with Gasteiger partial charge in [0.05, 0.1) is 22.9 Å². The van der Waals surface area contributed by atoms with Gasteiger partial charge in [-0.15, -0.1) is 0 Å². The van der Waals surface area contributed by atoms with E-state index in [4.69, 9.17) is 11.6 Å². The Balaban J connectivity index is 2.09. The quantitative estimate of drug-likeness (QED) is 0.847. The van der Waals surface area contributed by atoms with Gasteiger partial charge >= 0.3 is 0 Å². The summed E-state index contributed by atoms with van der Waals surface area (Å²) in [6, 6.07) is 9.82. The van der Waals surface area contributed by atoms with Crippen LogP contribution in [0.4, 0.5) is 10.1 Å². The van der Waals surface area contributed by atoms with Gasteiger partial charge in [-0.3, -0.25) is 9.52 Å². The summed E-state index contributed by atoms with van der Waals surface area (Å²) in [5.41, 5.74) is 1.39. The molecule has 0 saturated carbocycles. The van der Waals surface area contributed by atoms with Crippen molar-refractivity contribution in [2.75, 3.05) is 11.0 Å². The van der Waals surface area contributed by atoms with Crippen molar-refractivity contribution >= 4 is 33.2 Å². The van der Waals surface area contributed by atoms with Crippen LogP contribution >= 0.6 is 11.6 Å². The molecule has 0 heterocycles. The van der Waals surface area contributed by atoms with Crippen molar-refractivity contribution in [3.05, 3.63) is 64.4 Å². The molecular weight excluding hydrogens is 355 g/mol. The molecule has 24 heavy (non-hydrogen) atoms. The highest BCUT2D eigenvalue weighted by Gasteiger charge is 2.15. The Hall–Kier alpha value is -2.12. The molecule has 0 spiro atoms. The van der Waals surface area contributed by atoms with Crippen LogP contribution in [0.15, 0.2) is 42.5 Å². The van der Waals surface area contributed by atoms with E-state index in [2.05, 4.69) is 10.0 Å². The molecule has 0 aliphatic heterocycles. The summed E-state index contributed by atoms with van der Waals surface area (Å²) in [4.78, 5) is 12.2. The predicted octanol–water partition coefficient (Wildman–Crippen LogP) is 3.34. The summed E-state index contributed by atoms with van der Waals surface area (Å²) < 4.78 is 37.7. The van der Waals surface area contributed by atoms with E-state index >= 15 is 0 Å². The molecule has 0 aliphatic carbocycles. The number of benzene rings is 2. The predicted molar refractivity (Wildman–Crippen MR) is 92.2 cm³/mol. The fourth-order valence-electron chi connectivity index (χ4n) is 2.09. The lowest BCUT2D eigenvalue weighted by Gasteiger charge is -2.15. The fraction of sp³-hybridized carbons (Fsp3) is 0.188. The van der Waals surface area contributed by atoms with Gasteiger partial charge in [0.2, 0.25) is 10.0 Å². The minimum Gasteiger partial charge on any atom is -0.345 e. The Kier molecular flexibility index (Phi) is 5.46. The molecule has 2 aromatic carbocycles. The second-order valence-corrected chi connectivity index (χ2v) is 7.47. The van der Waals surface area contributed by atoms with Crippen molar-refractivity contribution in [2.24, 2.45) is 0 Å². The van der Waals surface area contributed by atoms with Crippen molar-refractivity contribution in [1.29, 1.82) is 0 Å². The minimum absolute atomic E-state index is 0.0346. The Morgan fingerprint density at radius 3 is 2.33 bits per heavy atom. The molecule has 128 valence electrons. The third kappa shape index (κ3) is 4.94. The fourth-order valence-corrected chi connectivity index (χ4v) is 2.90. The number of carbonyl (C=O) groups is 1. The minimum atomic E-state index is -3.34. The second-order valence-electron chi connectivity index (χ2n) is 5.32. The highest BCUT2D eigenvalue weighted by molar-refractivity contribution is 7.92. The number of anilines is 1. The zero-order valence-corrected chi connectivity index (χ0v) is 14.6. The Morgan fingerprint density at radius 2 is 1.79 bits per heavy atom. The SMILES string of the molecule is CC(NC(=O)c1ccc(F)cc1Cl)c1ccc(NS(C)(=O)=O)cc1. The molecule has 0 fully saturated rings. The number of halogens is 2. The Bertz CT molecular complexity index is 854. The van der Waals surface area contributed by atoms with E-state index < -0.39 is 21.7 Å². The molecule has 1 atom stereocenters. The molecule has 0 saturated heterocycles. The highest BCUT2D eigenvalue weighted by Crippen LogP contribution is 2.20. The van der Waals surface area contributed by atoms with Gasteiger partial charge in [0.25, 0.3) is 5.91 Å². The van der Waals surface area contributed by atoms with Gasteiger partial charge in [0, 0.05) is 5.69 Å². The van der Waals surface area contributed by atoms with Crippen LogP contribution in [0, 0.1) is 5.82 Å². The molecule has 2 aromatic rings. The van der Waals surface area contributed by atoms with E-state index in [1.54, 1.807) is 31.2 Å². The van der Waals surface area contributed by atoms with E-state index in [9.17, 15) is 17.6 Å². The maximum Gasteiger partial charge on any atom is 0.253 e. The molecule has 0 bridgehead atoms. The zero-order chi connectivity index (χ0) is 17.9. The van der Waals surface area contributed by atoms with E-state index in [0.29, 0.717) is 5.69 Å². The van der Waals surface area contributed by atoms with Gasteiger partial charge in [-0.1, -0.05) is 23.7 Å². The molecule has 5 nitrogen and oxygen atoms in total. The molecule has 0 aromatic heterocycles. The van der Waals surface area contributed by atoms with Crippen LogP contribution in [0.5, 0.6) is 0 Å². The average Bonchev–Trinajstić information content (AvgIpc) is 2.45. The monoisotopic (exact) mass is 370 g/mol. The molecule has 0 radical (unpaired) electrons. The lowest BCUT2D eigenvalue weighted by Crippen LogP contribution is -2.26. The third-order valence-electron chi connectivity index (χ3n) is 3.24. The van der Waals surface area contributed by atoms with Gasteiger partial charge in [-0.2, -0.15) is 0 Å². The number of hydrogen-bond donors (Lipinski definition) is 2. The Morgan fingerprint density at radius 1 is 1.17 bits per heavy atom. The number of hydrogen-bond acceptors (Lipinski definition) is 3. The Labute approximate surface area is 144 Å². The molecule has 1 amide bonds. The molecule has 1 unspecified atom stereocenters. The number of sulfonamides is 1. The van der Waals surface area contributed by atoms with E-state index in [-0.39, 0.29) is 16.6 Å². The number of nitrogens with one attached hydrogen (secondary N) is 2. The van der Waals surface area contributed by atoms with Crippen molar-refractivity contribution in [2.45, 2.75) is 13.0 Å². The molecule has 8 heteroatoms. The summed E-state index contributed by atoms with van der Waals surface area (Å²) in [5, 5.41) is 2.79. The van der Waals surface area contributed by atoms with Gasteiger partial charge < -0.3 is 5.32 Å². The highest BCUT2D eigenvalue weighted by atomic mass is 35.5. The zero-order valence-electron chi connectivity index (χ0n) is 13.0. The van der Waals surface area contributed by atoms with Crippen LogP contribution < -0.4 is 10.0 Å². The first-order valence-electron chi connectivity index (χ1n) is 6.99. The summed E-state index contributed by atoms with van der Waals surface area (Å²) in [6.07, 6.45) is 1.07. The normalized spacial score (nSPS) is 12.5. The van der Waals surface area contributed by atoms with E-state index in [1.807, 2.05) is 0 Å². The topological polar surface area (TPSA) is 75.3 Å². The summed E-state index contributed by atoms with van der Waals surface area (Å²) in [7, 11) is -3.34. The van der Waals surface area contributed by atoms with Crippen LogP contribution in [0.2, 0.25) is 5.02 Å². The summed E-state index contributed by atoms with van der Waals surface area (Å²) in [5.74, 6) is -0.940. The largest absolute Gasteiger partial charge is 0.345 e. The van der Waals surface area contributed by atoms with Gasteiger partial charge in [-0.25, -0.2) is 12.8 Å². The van der Waals surface area contributed by atoms with Gasteiger partial charge in [0.1, 0.15) is 5.82 Å². The standard InChI is InChI=1S/C16H16ClFN2O3S/c1-10(11-3-6-13(7-4-11)20-24(2,22)23)19-16(21)14-8-5-12(18)9-15(14)17/h3-10,20H,1-2H3,(H,19,21). The summed E-state index contributed by atoms with van der Waals surface area (Å²) in [6.45, 7) is 1.77. The van der Waals surface area contributed by atoms with Crippen LogP contribution in [0.3, 0.4) is 0 Å². The first-order chi connectivity index (χ1) is 11.2. The number of carbonyl (C=O) groups excluding carboxylic acids is 1. The van der Waals surface area contributed by atoms with Crippen molar-refractivity contribution in [3.8, 4) is 0 Å². The lowest BCUT2D eigenvalue weighted by atomic mass is 10.1. The molecule has 0 aliphatic rings. The second kappa shape index (κ2) is 7.19. The molecule has 2 N–H and O–H groups in total. The van der Waals surface area contributed by atoms with E-state index in [1.165, 1.54) is 6.07 Å². The number of rotatable bonds is 5. The number of amides is 1. The van der Waals surface area contributed by atoms with Crippen LogP contribution in [-0.4, -0.2) is 20.6 Å². The van der Waals surface area contributed by atoms with Crippen molar-refractivity contribution < 1.29 is 17.6 Å². The first-order valence-corrected chi connectivity index (χ1v) is 9.26. The van der Waals surface area contributed by atoms with Gasteiger partial charge in [-0.05, 0) is 42.8 Å². The van der Waals surface area contributed by atoms with Crippen LogP contribution in [0.1, 0.15) is 28.9 Å². The maximum atomic E-state index is 13.0. The smallest absolute Gasteiger partial charge is 0.253 e. The van der Waals surface area contributed by atoms with E-state index in [0.717, 1.165) is 24.0 Å². The van der Waals surface area contributed by atoms with Gasteiger partial charge in [0.15, 0.2) is 0 Å². The molecule has 2 rings (SSSR count). The lowest BCUT2D eigenvalue weighted by molar-refractivity contribution is 0.0940. The van der Waals surface area contributed by atoms with Crippen molar-refractivity contribution in [3.63, 3.8) is 0 Å². The van der Waals surface area contributed by atoms with Crippen LogP contribution in [-0.2, 0) is 10.0 Å². The van der Waals surface area contributed by atoms with Crippen LogP contribution in [0.25, 0.3) is 0 Å². The van der Waals surface area contributed by atoms with Crippen molar-refractivity contribution in [1.82, 2.24) is 5.32 Å². The maximum absolute atomic E-state index is 13.0. The summed E-state index contributed by atoms with van der Waals surface area (Å²) >= 11 is 5.87. The third-order valence-corrected chi connectivity index (χ3v) is 4.16. The average molecular weight is 371 g/mol.